The van der Waals surface area contributed by atoms with E-state index in [1.807, 2.05) is 6.92 Å². The summed E-state index contributed by atoms with van der Waals surface area (Å²) in [5.41, 5.74) is 0.872. The van der Waals surface area contributed by atoms with E-state index in [1.165, 1.54) is 6.92 Å². The van der Waals surface area contributed by atoms with Gasteiger partial charge in [-0.15, -0.1) is 0 Å². The molecule has 0 saturated carbocycles. The summed E-state index contributed by atoms with van der Waals surface area (Å²) < 4.78 is 0. The molecule has 0 fully saturated rings. The van der Waals surface area contributed by atoms with Gasteiger partial charge in [0.15, 0.2) is 11.6 Å². The summed E-state index contributed by atoms with van der Waals surface area (Å²) in [6.07, 6.45) is 3.06. The topological polar surface area (TPSA) is 53.3 Å². The molecule has 0 bridgehead atoms. The normalized spacial score (nSPS) is 11.4. The van der Waals surface area contributed by atoms with E-state index in [0.717, 1.165) is 25.0 Å². The average Bonchev–Trinajstić information content (AvgIpc) is 2.00. The van der Waals surface area contributed by atoms with Gasteiger partial charge in [-0.1, -0.05) is 13.3 Å². The third-order valence-corrected chi connectivity index (χ3v) is 1.53. The molecule has 0 radical (unpaired) electrons. The zero-order valence-corrected chi connectivity index (χ0v) is 7.98. The fourth-order valence-corrected chi connectivity index (χ4v) is 0.758. The van der Waals surface area contributed by atoms with Gasteiger partial charge >= 0.3 is 0 Å². The van der Waals surface area contributed by atoms with Gasteiger partial charge in [0.25, 0.3) is 0 Å². The highest BCUT2D eigenvalue weighted by Gasteiger charge is 2.00. The predicted octanol–water partition coefficient (Wildman–Crippen LogP) is 2.20. The van der Waals surface area contributed by atoms with Crippen LogP contribution in [-0.4, -0.2) is 17.3 Å². The Labute approximate surface area is 73.4 Å². The first-order valence-electron chi connectivity index (χ1n) is 4.21. The molecular formula is C9H16N2O. The van der Waals surface area contributed by atoms with Gasteiger partial charge in [-0.3, -0.25) is 10.2 Å². The smallest absolute Gasteiger partial charge is 0.196 e. The zero-order valence-electron chi connectivity index (χ0n) is 7.98. The lowest BCUT2D eigenvalue weighted by molar-refractivity contribution is -0.111. The maximum absolute atomic E-state index is 10.6. The van der Waals surface area contributed by atoms with Crippen LogP contribution in [0.15, 0.2) is 4.99 Å². The summed E-state index contributed by atoms with van der Waals surface area (Å²) in [7, 11) is 0. The van der Waals surface area contributed by atoms with Crippen molar-refractivity contribution in [3.63, 3.8) is 0 Å². The largest absolute Gasteiger partial charge is 0.291 e. The molecule has 0 amide bonds. The number of rotatable bonds is 4. The summed E-state index contributed by atoms with van der Waals surface area (Å²) in [4.78, 5) is 14.5. The van der Waals surface area contributed by atoms with Crippen molar-refractivity contribution in [1.82, 2.24) is 0 Å². The zero-order chi connectivity index (χ0) is 9.56. The highest BCUT2D eigenvalue weighted by Crippen LogP contribution is 1.97. The lowest BCUT2D eigenvalue weighted by Crippen LogP contribution is -2.07. The Hall–Kier alpha value is -0.990. The van der Waals surface area contributed by atoms with Crippen molar-refractivity contribution in [3.8, 4) is 0 Å². The molecule has 0 unspecified atom stereocenters. The number of unbranched alkanes of at least 4 members (excludes halogenated alkanes) is 1. The van der Waals surface area contributed by atoms with Crippen molar-refractivity contribution in [1.29, 1.82) is 5.41 Å². The van der Waals surface area contributed by atoms with Gasteiger partial charge in [0.2, 0.25) is 0 Å². The van der Waals surface area contributed by atoms with Crippen molar-refractivity contribution in [3.05, 3.63) is 0 Å². The van der Waals surface area contributed by atoms with Crippen LogP contribution >= 0.6 is 0 Å². The minimum absolute atomic E-state index is 0.136. The number of hydrogen-bond acceptors (Lipinski definition) is 2. The van der Waals surface area contributed by atoms with Crippen molar-refractivity contribution in [2.75, 3.05) is 0 Å². The van der Waals surface area contributed by atoms with E-state index < -0.39 is 0 Å². The molecule has 0 heterocycles. The van der Waals surface area contributed by atoms with E-state index in [-0.39, 0.29) is 11.6 Å². The number of carbonyl (C=O) groups excluding carboxylic acids is 1. The van der Waals surface area contributed by atoms with Gasteiger partial charge in [0.05, 0.1) is 0 Å². The van der Waals surface area contributed by atoms with Crippen molar-refractivity contribution < 1.29 is 4.79 Å². The summed E-state index contributed by atoms with van der Waals surface area (Å²) in [6.45, 7) is 5.32. The summed E-state index contributed by atoms with van der Waals surface area (Å²) >= 11 is 0. The molecule has 0 saturated heterocycles. The Morgan fingerprint density at radius 1 is 1.42 bits per heavy atom. The second-order valence-electron chi connectivity index (χ2n) is 2.86. The predicted molar refractivity (Wildman–Crippen MR) is 51.0 cm³/mol. The van der Waals surface area contributed by atoms with Crippen LogP contribution in [0, 0.1) is 5.41 Å². The van der Waals surface area contributed by atoms with Crippen molar-refractivity contribution in [2.45, 2.75) is 40.0 Å². The molecule has 1 N–H and O–H groups in total. The first-order valence-corrected chi connectivity index (χ1v) is 4.21. The first kappa shape index (κ1) is 11.0. The van der Waals surface area contributed by atoms with E-state index in [1.54, 1.807) is 0 Å². The molecular weight excluding hydrogens is 152 g/mol. The fraction of sp³-hybridized carbons (Fsp3) is 0.667. The molecule has 0 aromatic heterocycles. The summed E-state index contributed by atoms with van der Waals surface area (Å²) in [5, 5.41) is 7.17. The molecule has 0 atom stereocenters. The van der Waals surface area contributed by atoms with Crippen molar-refractivity contribution >= 4 is 17.3 Å². The van der Waals surface area contributed by atoms with Crippen LogP contribution in [-0.2, 0) is 4.79 Å². The van der Waals surface area contributed by atoms with Gasteiger partial charge in [-0.2, -0.15) is 0 Å². The van der Waals surface area contributed by atoms with Crippen LogP contribution in [0.3, 0.4) is 0 Å². The number of amidine groups is 1. The second kappa shape index (κ2) is 5.63. The lowest BCUT2D eigenvalue weighted by Gasteiger charge is -1.97. The van der Waals surface area contributed by atoms with Gasteiger partial charge in [0.1, 0.15) is 0 Å². The van der Waals surface area contributed by atoms with E-state index in [0.29, 0.717) is 0 Å². The molecule has 0 aliphatic heterocycles. The molecule has 0 rings (SSSR count). The Morgan fingerprint density at radius 2 is 2.00 bits per heavy atom. The summed E-state index contributed by atoms with van der Waals surface area (Å²) in [6, 6.07) is 0. The second-order valence-corrected chi connectivity index (χ2v) is 2.86. The number of ketones is 1. The molecule has 0 aromatic carbocycles. The molecule has 0 spiro atoms. The number of nitrogens with one attached hydrogen (secondary N) is 1. The highest BCUT2D eigenvalue weighted by atomic mass is 16.1. The number of carbonyl (C=O) groups is 1. The molecule has 3 heteroatoms. The number of Topliss-reactive ketones (excluding diaryl/α,β-unsaturated/α-hetero) is 1. The van der Waals surface area contributed by atoms with Crippen LogP contribution in [0.2, 0.25) is 0 Å². The van der Waals surface area contributed by atoms with Crippen LogP contribution in [0.25, 0.3) is 0 Å². The van der Waals surface area contributed by atoms with Gasteiger partial charge in [-0.05, 0) is 19.8 Å². The van der Waals surface area contributed by atoms with Gasteiger partial charge < -0.3 is 0 Å². The quantitative estimate of drug-likeness (QED) is 0.507. The lowest BCUT2D eigenvalue weighted by atomic mass is 10.2. The Bertz CT molecular complexity index is 207. The Balaban J connectivity index is 3.98. The van der Waals surface area contributed by atoms with Gasteiger partial charge in [-0.25, -0.2) is 4.99 Å². The monoisotopic (exact) mass is 168 g/mol. The minimum Gasteiger partial charge on any atom is -0.291 e. The Kier molecular flexibility index (Phi) is 5.17. The van der Waals surface area contributed by atoms with E-state index in [2.05, 4.69) is 11.9 Å². The van der Waals surface area contributed by atoms with Gasteiger partial charge in [0, 0.05) is 12.6 Å². The van der Waals surface area contributed by atoms with Crippen molar-refractivity contribution in [2.24, 2.45) is 4.99 Å². The minimum atomic E-state index is -0.272. The molecule has 0 aliphatic carbocycles. The fourth-order valence-electron chi connectivity index (χ4n) is 0.758. The van der Waals surface area contributed by atoms with E-state index in [9.17, 15) is 4.79 Å². The maximum atomic E-state index is 10.6. The molecule has 0 aliphatic rings. The highest BCUT2D eigenvalue weighted by molar-refractivity contribution is 6.38. The van der Waals surface area contributed by atoms with Crippen LogP contribution in [0.5, 0.6) is 0 Å². The van der Waals surface area contributed by atoms with E-state index in [4.69, 9.17) is 5.41 Å². The SMILES string of the molecule is CCCCC(C)=NC(=N)C(C)=O. The van der Waals surface area contributed by atoms with Crippen LogP contribution < -0.4 is 0 Å². The third kappa shape index (κ3) is 4.77. The van der Waals surface area contributed by atoms with Crippen LogP contribution in [0.1, 0.15) is 40.0 Å². The average molecular weight is 168 g/mol. The number of nitrogens with zero attached hydrogens (tertiary/aromatic N) is 1. The molecule has 0 aromatic rings. The van der Waals surface area contributed by atoms with E-state index >= 15 is 0 Å². The third-order valence-electron chi connectivity index (χ3n) is 1.53. The number of aliphatic imine (C=N–C) groups is 1. The first-order chi connectivity index (χ1) is 5.57. The van der Waals surface area contributed by atoms with Crippen LogP contribution in [0.4, 0.5) is 0 Å². The maximum Gasteiger partial charge on any atom is 0.196 e. The molecule has 68 valence electrons. The standard InChI is InChI=1S/C9H16N2O/c1-4-5-6-7(2)11-9(10)8(3)12/h10H,4-6H2,1-3H3. The Morgan fingerprint density at radius 3 is 2.42 bits per heavy atom. The molecule has 3 nitrogen and oxygen atoms in total. The molecule has 12 heavy (non-hydrogen) atoms. The number of hydrogen-bond donors (Lipinski definition) is 1. The summed E-state index contributed by atoms with van der Waals surface area (Å²) in [5.74, 6) is -0.408.